The van der Waals surface area contributed by atoms with Gasteiger partial charge in [-0.25, -0.2) is 0 Å². The van der Waals surface area contributed by atoms with E-state index in [1.54, 1.807) is 0 Å². The number of aromatic nitrogens is 1. The lowest BCUT2D eigenvalue weighted by Crippen LogP contribution is -2.14. The van der Waals surface area contributed by atoms with Crippen LogP contribution in [0.15, 0.2) is 54.6 Å². The molecule has 2 N–H and O–H groups in total. The Bertz CT molecular complexity index is 780. The first-order valence-corrected chi connectivity index (χ1v) is 7.09. The smallest absolute Gasteiger partial charge is 0.0726 e. The minimum Gasteiger partial charge on any atom is -0.344 e. The Morgan fingerprint density at radius 3 is 2.52 bits per heavy atom. The van der Waals surface area contributed by atoms with Crippen molar-refractivity contribution in [2.45, 2.75) is 13.5 Å². The fourth-order valence-electron chi connectivity index (χ4n) is 2.70. The molecule has 0 aliphatic heterocycles. The average molecular weight is 277 g/mol. The zero-order valence-corrected chi connectivity index (χ0v) is 12.4. The van der Waals surface area contributed by atoms with E-state index in [2.05, 4.69) is 47.3 Å². The van der Waals surface area contributed by atoms with Gasteiger partial charge in [-0.2, -0.15) is 0 Å². The van der Waals surface area contributed by atoms with E-state index < -0.39 is 0 Å². The second-order valence-electron chi connectivity index (χ2n) is 5.19. The van der Waals surface area contributed by atoms with Crippen LogP contribution in [0.1, 0.15) is 11.3 Å². The Labute approximate surface area is 125 Å². The zero-order chi connectivity index (χ0) is 14.8. The molecule has 0 amide bonds. The Hall–Kier alpha value is -2.39. The number of rotatable bonds is 3. The van der Waals surface area contributed by atoms with Crippen LogP contribution in [0.25, 0.3) is 10.9 Å². The van der Waals surface area contributed by atoms with E-state index in [1.165, 1.54) is 0 Å². The topological polar surface area (TPSA) is 42.1 Å². The molecule has 0 aliphatic rings. The molecule has 3 nitrogen and oxygen atoms in total. The molecule has 3 aromatic rings. The number of pyridine rings is 1. The molecule has 0 saturated carbocycles. The number of hydrogen-bond acceptors (Lipinski definition) is 3. The van der Waals surface area contributed by atoms with Gasteiger partial charge >= 0.3 is 0 Å². The number of hydrogen-bond donors (Lipinski definition) is 1. The maximum absolute atomic E-state index is 5.87. The van der Waals surface area contributed by atoms with Gasteiger partial charge in [-0.05, 0) is 30.7 Å². The predicted molar refractivity (Wildman–Crippen MR) is 88.9 cm³/mol. The van der Waals surface area contributed by atoms with E-state index >= 15 is 0 Å². The maximum atomic E-state index is 5.87. The lowest BCUT2D eigenvalue weighted by atomic mass is 10.1. The third-order valence-corrected chi connectivity index (χ3v) is 3.76. The molecule has 0 bridgehead atoms. The first-order valence-electron chi connectivity index (χ1n) is 7.09. The molecule has 0 radical (unpaired) electrons. The molecule has 0 saturated heterocycles. The second-order valence-corrected chi connectivity index (χ2v) is 5.19. The fraction of sp³-hybridized carbons (Fsp3) is 0.167. The zero-order valence-electron chi connectivity index (χ0n) is 12.4. The van der Waals surface area contributed by atoms with Crippen LogP contribution < -0.4 is 10.6 Å². The van der Waals surface area contributed by atoms with Gasteiger partial charge in [0.2, 0.25) is 0 Å². The first-order chi connectivity index (χ1) is 10.2. The number of nitrogens with two attached hydrogens (primary N) is 1. The quantitative estimate of drug-likeness (QED) is 0.792. The van der Waals surface area contributed by atoms with Gasteiger partial charge in [0.1, 0.15) is 0 Å². The van der Waals surface area contributed by atoms with E-state index in [4.69, 9.17) is 5.73 Å². The normalized spacial score (nSPS) is 10.8. The van der Waals surface area contributed by atoms with E-state index in [9.17, 15) is 0 Å². The van der Waals surface area contributed by atoms with Gasteiger partial charge in [0.05, 0.1) is 11.2 Å². The number of nitrogens with zero attached hydrogens (tertiary/aromatic N) is 2. The minimum atomic E-state index is 0.530. The van der Waals surface area contributed by atoms with Crippen molar-refractivity contribution in [2.75, 3.05) is 11.9 Å². The van der Waals surface area contributed by atoms with E-state index in [-0.39, 0.29) is 0 Å². The van der Waals surface area contributed by atoms with Gasteiger partial charge in [-0.15, -0.1) is 0 Å². The maximum Gasteiger partial charge on any atom is 0.0726 e. The molecule has 3 rings (SSSR count). The van der Waals surface area contributed by atoms with Gasteiger partial charge in [-0.3, -0.25) is 4.98 Å². The molecule has 1 heterocycles. The molecule has 21 heavy (non-hydrogen) atoms. The molecule has 0 unspecified atom stereocenters. The Morgan fingerprint density at radius 2 is 1.71 bits per heavy atom. The van der Waals surface area contributed by atoms with Crippen molar-refractivity contribution in [2.24, 2.45) is 5.73 Å². The van der Waals surface area contributed by atoms with Crippen molar-refractivity contribution < 1.29 is 0 Å². The highest BCUT2D eigenvalue weighted by atomic mass is 15.1. The largest absolute Gasteiger partial charge is 0.344 e. The summed E-state index contributed by atoms with van der Waals surface area (Å²) in [6.07, 6.45) is 0. The van der Waals surface area contributed by atoms with Crippen LogP contribution in [-0.4, -0.2) is 12.0 Å². The van der Waals surface area contributed by atoms with E-state index in [0.717, 1.165) is 33.5 Å². The monoisotopic (exact) mass is 277 g/mol. The van der Waals surface area contributed by atoms with Crippen LogP contribution in [0, 0.1) is 6.92 Å². The van der Waals surface area contributed by atoms with Crippen molar-refractivity contribution in [3.8, 4) is 0 Å². The summed E-state index contributed by atoms with van der Waals surface area (Å²) >= 11 is 0. The van der Waals surface area contributed by atoms with Crippen LogP contribution in [0.5, 0.6) is 0 Å². The second kappa shape index (κ2) is 5.54. The van der Waals surface area contributed by atoms with Gasteiger partial charge in [0.25, 0.3) is 0 Å². The molecule has 0 fully saturated rings. The standard InChI is InChI=1S/C18H19N3/c1-13-11-18(15-8-4-5-9-16(15)20-13)21(2)17-10-6-3-7-14(17)12-19/h3-11H,12,19H2,1-2H3. The SMILES string of the molecule is Cc1cc(N(C)c2ccccc2CN)c2ccccc2n1. The highest BCUT2D eigenvalue weighted by Crippen LogP contribution is 2.32. The summed E-state index contributed by atoms with van der Waals surface area (Å²) < 4.78 is 0. The highest BCUT2D eigenvalue weighted by molar-refractivity contribution is 5.94. The van der Waals surface area contributed by atoms with Crippen LogP contribution in [-0.2, 0) is 6.54 Å². The van der Waals surface area contributed by atoms with Crippen molar-refractivity contribution in [3.05, 3.63) is 65.9 Å². The van der Waals surface area contributed by atoms with Crippen LogP contribution in [0.2, 0.25) is 0 Å². The van der Waals surface area contributed by atoms with Gasteiger partial charge in [0, 0.05) is 30.4 Å². The Balaban J connectivity index is 2.20. The van der Waals surface area contributed by atoms with Crippen molar-refractivity contribution in [1.29, 1.82) is 0 Å². The molecule has 106 valence electrons. The Kier molecular flexibility index (Phi) is 3.59. The summed E-state index contributed by atoms with van der Waals surface area (Å²) in [4.78, 5) is 6.80. The number of fused-ring (bicyclic) bond motifs is 1. The van der Waals surface area contributed by atoms with Crippen LogP contribution >= 0.6 is 0 Å². The molecular formula is C18H19N3. The number of anilines is 2. The summed E-state index contributed by atoms with van der Waals surface area (Å²) in [5.41, 5.74) is 11.3. The molecule has 2 aromatic carbocycles. The summed E-state index contributed by atoms with van der Waals surface area (Å²) in [5.74, 6) is 0. The number of aryl methyl sites for hydroxylation is 1. The molecule has 0 aliphatic carbocycles. The lowest BCUT2D eigenvalue weighted by Gasteiger charge is -2.24. The van der Waals surface area contributed by atoms with Crippen molar-refractivity contribution in [3.63, 3.8) is 0 Å². The van der Waals surface area contributed by atoms with Crippen molar-refractivity contribution in [1.82, 2.24) is 4.98 Å². The fourth-order valence-corrected chi connectivity index (χ4v) is 2.70. The Morgan fingerprint density at radius 1 is 1.00 bits per heavy atom. The van der Waals surface area contributed by atoms with Crippen LogP contribution in [0.4, 0.5) is 11.4 Å². The number of para-hydroxylation sites is 2. The number of benzene rings is 2. The molecule has 3 heteroatoms. The summed E-state index contributed by atoms with van der Waals surface area (Å²) in [6, 6.07) is 18.6. The van der Waals surface area contributed by atoms with E-state index in [0.29, 0.717) is 6.54 Å². The third-order valence-electron chi connectivity index (χ3n) is 3.76. The molecular weight excluding hydrogens is 258 g/mol. The highest BCUT2D eigenvalue weighted by Gasteiger charge is 2.12. The lowest BCUT2D eigenvalue weighted by molar-refractivity contribution is 1.05. The van der Waals surface area contributed by atoms with Crippen molar-refractivity contribution >= 4 is 22.3 Å². The molecule has 1 aromatic heterocycles. The first kappa shape index (κ1) is 13.6. The average Bonchev–Trinajstić information content (AvgIpc) is 2.53. The van der Waals surface area contributed by atoms with E-state index in [1.807, 2.05) is 31.2 Å². The van der Waals surface area contributed by atoms with Crippen LogP contribution in [0.3, 0.4) is 0 Å². The molecule has 0 spiro atoms. The predicted octanol–water partition coefficient (Wildman–Crippen LogP) is 3.77. The minimum absolute atomic E-state index is 0.530. The summed E-state index contributed by atoms with van der Waals surface area (Å²) in [6.45, 7) is 2.56. The van der Waals surface area contributed by atoms with Gasteiger partial charge in [0.15, 0.2) is 0 Å². The summed E-state index contributed by atoms with van der Waals surface area (Å²) in [5, 5.41) is 1.15. The third kappa shape index (κ3) is 2.48. The van der Waals surface area contributed by atoms with Gasteiger partial charge in [-0.1, -0.05) is 36.4 Å². The molecule has 0 atom stereocenters. The summed E-state index contributed by atoms with van der Waals surface area (Å²) in [7, 11) is 2.08. The van der Waals surface area contributed by atoms with Gasteiger partial charge < -0.3 is 10.6 Å².